The van der Waals surface area contributed by atoms with E-state index in [0.29, 0.717) is 32.3 Å². The first kappa shape index (κ1) is 24.4. The SMILES string of the molecule is CCOC(=O)C1CCC(N(C2CC2)S(=O)(=O)c2cccc(C(=O)OCc3ccccc3)c2)CC1. The van der Waals surface area contributed by atoms with Crippen LogP contribution in [0.1, 0.15) is 61.4 Å². The molecule has 2 saturated carbocycles. The van der Waals surface area contributed by atoms with E-state index in [4.69, 9.17) is 9.47 Å². The van der Waals surface area contributed by atoms with Crippen LogP contribution in [-0.4, -0.2) is 43.4 Å². The van der Waals surface area contributed by atoms with Crippen molar-refractivity contribution in [3.8, 4) is 0 Å². The zero-order valence-electron chi connectivity index (χ0n) is 19.4. The van der Waals surface area contributed by atoms with E-state index in [2.05, 4.69) is 0 Å². The summed E-state index contributed by atoms with van der Waals surface area (Å²) < 4.78 is 39.5. The maximum absolute atomic E-state index is 13.7. The minimum atomic E-state index is -3.80. The lowest BCUT2D eigenvalue weighted by Crippen LogP contribution is -2.44. The second-order valence-electron chi connectivity index (χ2n) is 8.91. The van der Waals surface area contributed by atoms with Gasteiger partial charge in [0.05, 0.1) is 23.0 Å². The fraction of sp³-hybridized carbons (Fsp3) is 0.462. The largest absolute Gasteiger partial charge is 0.466 e. The van der Waals surface area contributed by atoms with Crippen LogP contribution in [0, 0.1) is 5.92 Å². The van der Waals surface area contributed by atoms with Crippen LogP contribution in [0.3, 0.4) is 0 Å². The van der Waals surface area contributed by atoms with Crippen molar-refractivity contribution < 1.29 is 27.5 Å². The molecule has 0 spiro atoms. The van der Waals surface area contributed by atoms with Crippen molar-refractivity contribution in [2.75, 3.05) is 6.61 Å². The smallest absolute Gasteiger partial charge is 0.338 e. The molecule has 0 aromatic heterocycles. The second kappa shape index (κ2) is 10.7. The van der Waals surface area contributed by atoms with Crippen LogP contribution in [0.5, 0.6) is 0 Å². The Labute approximate surface area is 201 Å². The molecule has 7 nitrogen and oxygen atoms in total. The molecule has 0 saturated heterocycles. The van der Waals surface area contributed by atoms with E-state index in [-0.39, 0.29) is 41.0 Å². The number of nitrogens with zero attached hydrogens (tertiary/aromatic N) is 1. The Kier molecular flexibility index (Phi) is 7.68. The number of rotatable bonds is 9. The van der Waals surface area contributed by atoms with Gasteiger partial charge in [0.1, 0.15) is 6.61 Å². The molecule has 2 fully saturated rings. The first-order valence-corrected chi connectivity index (χ1v) is 13.4. The molecular formula is C26H31NO6S. The van der Waals surface area contributed by atoms with Crippen molar-refractivity contribution in [1.82, 2.24) is 4.31 Å². The van der Waals surface area contributed by atoms with Gasteiger partial charge >= 0.3 is 11.9 Å². The Morgan fingerprint density at radius 3 is 2.15 bits per heavy atom. The molecule has 0 amide bonds. The van der Waals surface area contributed by atoms with Gasteiger partial charge < -0.3 is 9.47 Å². The van der Waals surface area contributed by atoms with Gasteiger partial charge in [0.2, 0.25) is 10.0 Å². The van der Waals surface area contributed by atoms with Crippen molar-refractivity contribution in [2.24, 2.45) is 5.92 Å². The van der Waals surface area contributed by atoms with Crippen molar-refractivity contribution in [1.29, 1.82) is 0 Å². The number of benzene rings is 2. The molecule has 0 radical (unpaired) electrons. The molecule has 0 aliphatic heterocycles. The Balaban J connectivity index is 1.47. The predicted molar refractivity (Wildman–Crippen MR) is 126 cm³/mol. The Morgan fingerprint density at radius 2 is 1.53 bits per heavy atom. The summed E-state index contributed by atoms with van der Waals surface area (Å²) >= 11 is 0. The third-order valence-electron chi connectivity index (χ3n) is 6.44. The minimum Gasteiger partial charge on any atom is -0.466 e. The molecule has 0 N–H and O–H groups in total. The summed E-state index contributed by atoms with van der Waals surface area (Å²) in [6.45, 7) is 2.26. The molecular weight excluding hydrogens is 454 g/mol. The van der Waals surface area contributed by atoms with Crippen molar-refractivity contribution >= 4 is 22.0 Å². The van der Waals surface area contributed by atoms with Crippen LogP contribution in [0.4, 0.5) is 0 Å². The normalized spacial score (nSPS) is 20.6. The van der Waals surface area contributed by atoms with E-state index in [9.17, 15) is 18.0 Å². The van der Waals surface area contributed by atoms with Crippen LogP contribution >= 0.6 is 0 Å². The summed E-state index contributed by atoms with van der Waals surface area (Å²) in [6, 6.07) is 15.2. The number of sulfonamides is 1. The lowest BCUT2D eigenvalue weighted by atomic mass is 9.86. The third-order valence-corrected chi connectivity index (χ3v) is 8.44. The Hall–Kier alpha value is -2.71. The van der Waals surface area contributed by atoms with Gasteiger partial charge in [0.25, 0.3) is 0 Å². The summed E-state index contributed by atoms with van der Waals surface area (Å²) in [7, 11) is -3.80. The van der Waals surface area contributed by atoms with Gasteiger partial charge in [-0.15, -0.1) is 0 Å². The Morgan fingerprint density at radius 1 is 0.882 bits per heavy atom. The molecule has 4 rings (SSSR count). The number of ether oxygens (including phenoxy) is 2. The molecule has 0 bridgehead atoms. The van der Waals surface area contributed by atoms with Crippen LogP contribution < -0.4 is 0 Å². The minimum absolute atomic E-state index is 0.0252. The van der Waals surface area contributed by atoms with Crippen molar-refractivity contribution in [3.05, 3.63) is 65.7 Å². The molecule has 2 aliphatic rings. The molecule has 34 heavy (non-hydrogen) atoms. The fourth-order valence-electron chi connectivity index (χ4n) is 4.56. The van der Waals surface area contributed by atoms with E-state index < -0.39 is 16.0 Å². The standard InChI is InChI=1S/C26H31NO6S/c1-2-32-25(28)20-11-13-22(14-12-20)27(23-15-16-23)34(30,31)24-10-6-9-21(17-24)26(29)33-18-19-7-4-3-5-8-19/h3-10,17,20,22-23H,2,11-16,18H2,1H3. The van der Waals surface area contributed by atoms with E-state index in [1.807, 2.05) is 30.3 Å². The van der Waals surface area contributed by atoms with Crippen LogP contribution in [0.15, 0.2) is 59.5 Å². The topological polar surface area (TPSA) is 90.0 Å². The molecule has 0 atom stereocenters. The highest BCUT2D eigenvalue weighted by Crippen LogP contribution is 2.39. The van der Waals surface area contributed by atoms with Gasteiger partial charge in [-0.05, 0) is 69.2 Å². The van der Waals surface area contributed by atoms with E-state index in [1.54, 1.807) is 23.4 Å². The number of hydrogen-bond donors (Lipinski definition) is 0. The maximum atomic E-state index is 13.7. The number of carbonyl (C=O) groups is 2. The number of carbonyl (C=O) groups excluding carboxylic acids is 2. The quantitative estimate of drug-likeness (QED) is 0.492. The van der Waals surface area contributed by atoms with Gasteiger partial charge in [0.15, 0.2) is 0 Å². The number of esters is 2. The van der Waals surface area contributed by atoms with E-state index in [1.165, 1.54) is 12.1 Å². The van der Waals surface area contributed by atoms with Gasteiger partial charge in [-0.2, -0.15) is 4.31 Å². The lowest BCUT2D eigenvalue weighted by molar-refractivity contribution is -0.149. The molecule has 0 unspecified atom stereocenters. The number of hydrogen-bond acceptors (Lipinski definition) is 6. The average molecular weight is 486 g/mol. The highest BCUT2D eigenvalue weighted by molar-refractivity contribution is 7.89. The lowest BCUT2D eigenvalue weighted by Gasteiger charge is -2.35. The summed E-state index contributed by atoms with van der Waals surface area (Å²) in [4.78, 5) is 24.8. The highest BCUT2D eigenvalue weighted by Gasteiger charge is 2.44. The third kappa shape index (κ3) is 5.67. The van der Waals surface area contributed by atoms with Gasteiger partial charge in [-0.3, -0.25) is 4.79 Å². The zero-order valence-corrected chi connectivity index (χ0v) is 20.2. The predicted octanol–water partition coefficient (Wildman–Crippen LogP) is 4.32. The highest BCUT2D eigenvalue weighted by atomic mass is 32.2. The molecule has 2 aromatic rings. The van der Waals surface area contributed by atoms with Gasteiger partial charge in [-0.1, -0.05) is 36.4 Å². The Bertz CT molecular complexity index is 1110. The summed E-state index contributed by atoms with van der Waals surface area (Å²) in [5.41, 5.74) is 1.07. The zero-order chi connectivity index (χ0) is 24.1. The van der Waals surface area contributed by atoms with Crippen molar-refractivity contribution in [3.63, 3.8) is 0 Å². The molecule has 182 valence electrons. The van der Waals surface area contributed by atoms with Gasteiger partial charge in [0, 0.05) is 12.1 Å². The van der Waals surface area contributed by atoms with Crippen LogP contribution in [0.2, 0.25) is 0 Å². The average Bonchev–Trinajstić information content (AvgIpc) is 3.69. The first-order chi connectivity index (χ1) is 16.4. The molecule has 8 heteroatoms. The molecule has 2 aromatic carbocycles. The summed E-state index contributed by atoms with van der Waals surface area (Å²) in [5.74, 6) is -0.917. The fourth-order valence-corrected chi connectivity index (χ4v) is 6.53. The molecule has 2 aliphatic carbocycles. The van der Waals surface area contributed by atoms with Crippen LogP contribution in [0.25, 0.3) is 0 Å². The second-order valence-corrected chi connectivity index (χ2v) is 10.8. The maximum Gasteiger partial charge on any atom is 0.338 e. The van der Waals surface area contributed by atoms with E-state index >= 15 is 0 Å². The molecule has 0 heterocycles. The van der Waals surface area contributed by atoms with Crippen LogP contribution in [-0.2, 0) is 30.9 Å². The monoisotopic (exact) mass is 485 g/mol. The first-order valence-electron chi connectivity index (χ1n) is 11.9. The van der Waals surface area contributed by atoms with E-state index in [0.717, 1.165) is 18.4 Å². The van der Waals surface area contributed by atoms with Gasteiger partial charge in [-0.25, -0.2) is 13.2 Å². The summed E-state index contributed by atoms with van der Waals surface area (Å²) in [6.07, 6.45) is 4.14. The van der Waals surface area contributed by atoms with Crippen molar-refractivity contribution in [2.45, 2.75) is 69.0 Å². The summed E-state index contributed by atoms with van der Waals surface area (Å²) in [5, 5.41) is 0.